The average molecular weight is 352 g/mol. The van der Waals surface area contributed by atoms with E-state index in [4.69, 9.17) is 0 Å². The summed E-state index contributed by atoms with van der Waals surface area (Å²) >= 11 is 0. The number of nitrogens with one attached hydrogen (secondary N) is 2. The first-order chi connectivity index (χ1) is 12.5. The molecule has 0 aromatic heterocycles. The van der Waals surface area contributed by atoms with Gasteiger partial charge in [0.1, 0.15) is 5.82 Å². The quantitative estimate of drug-likeness (QED) is 0.866. The summed E-state index contributed by atoms with van der Waals surface area (Å²) in [5.74, 6) is -0.309. The highest BCUT2D eigenvalue weighted by Gasteiger charge is 2.50. The molecule has 2 aliphatic heterocycles. The SMILES string of the molecule is Cc1cccc(C)c1C(=O)NC(c1ccc(F)cc1)C12CCC(CC1)N2. The van der Waals surface area contributed by atoms with Crippen LogP contribution in [0.4, 0.5) is 4.39 Å². The third-order valence-corrected chi connectivity index (χ3v) is 6.11. The van der Waals surface area contributed by atoms with Crippen LogP contribution in [0.3, 0.4) is 0 Å². The van der Waals surface area contributed by atoms with Crippen LogP contribution in [0.5, 0.6) is 0 Å². The Hall–Kier alpha value is -2.20. The highest BCUT2D eigenvalue weighted by Crippen LogP contribution is 2.45. The molecule has 2 aliphatic rings. The maximum atomic E-state index is 13.4. The van der Waals surface area contributed by atoms with E-state index in [1.165, 1.54) is 12.1 Å². The van der Waals surface area contributed by atoms with Gasteiger partial charge in [-0.2, -0.15) is 0 Å². The van der Waals surface area contributed by atoms with Crippen LogP contribution in [0.2, 0.25) is 0 Å². The van der Waals surface area contributed by atoms with E-state index < -0.39 is 0 Å². The van der Waals surface area contributed by atoms with E-state index in [1.807, 2.05) is 32.0 Å². The largest absolute Gasteiger partial charge is 0.343 e. The summed E-state index contributed by atoms with van der Waals surface area (Å²) in [5.41, 5.74) is 3.52. The van der Waals surface area contributed by atoms with Gasteiger partial charge in [0, 0.05) is 17.1 Å². The second-order valence-electron chi connectivity index (χ2n) is 7.80. The van der Waals surface area contributed by atoms with Crippen molar-refractivity contribution in [1.29, 1.82) is 0 Å². The van der Waals surface area contributed by atoms with Gasteiger partial charge in [0.15, 0.2) is 0 Å². The van der Waals surface area contributed by atoms with Crippen LogP contribution in [-0.4, -0.2) is 17.5 Å². The number of hydrogen-bond donors (Lipinski definition) is 2. The Morgan fingerprint density at radius 2 is 1.73 bits per heavy atom. The van der Waals surface area contributed by atoms with E-state index in [1.54, 1.807) is 12.1 Å². The number of fused-ring (bicyclic) bond motifs is 2. The van der Waals surface area contributed by atoms with Gasteiger partial charge in [-0.25, -0.2) is 4.39 Å². The van der Waals surface area contributed by atoms with Crippen molar-refractivity contribution in [2.75, 3.05) is 0 Å². The third-order valence-electron chi connectivity index (χ3n) is 6.11. The van der Waals surface area contributed by atoms with Crippen molar-refractivity contribution in [3.8, 4) is 0 Å². The normalized spacial score (nSPS) is 25.3. The van der Waals surface area contributed by atoms with E-state index in [-0.39, 0.29) is 23.3 Å². The first kappa shape index (κ1) is 17.2. The molecule has 4 rings (SSSR count). The third kappa shape index (κ3) is 2.92. The van der Waals surface area contributed by atoms with Crippen molar-refractivity contribution in [2.24, 2.45) is 0 Å². The van der Waals surface area contributed by atoms with Crippen LogP contribution < -0.4 is 10.6 Å². The number of carbonyl (C=O) groups is 1. The number of rotatable bonds is 4. The summed E-state index contributed by atoms with van der Waals surface area (Å²) in [6.07, 6.45) is 4.34. The molecule has 26 heavy (non-hydrogen) atoms. The van der Waals surface area contributed by atoms with E-state index >= 15 is 0 Å². The van der Waals surface area contributed by atoms with Gasteiger partial charge in [0.05, 0.1) is 6.04 Å². The Morgan fingerprint density at radius 3 is 2.27 bits per heavy atom. The van der Waals surface area contributed by atoms with Crippen LogP contribution in [-0.2, 0) is 0 Å². The van der Waals surface area contributed by atoms with Gasteiger partial charge in [-0.1, -0.05) is 30.3 Å². The summed E-state index contributed by atoms with van der Waals surface area (Å²) in [4.78, 5) is 13.2. The van der Waals surface area contributed by atoms with Crippen LogP contribution in [0.15, 0.2) is 42.5 Å². The molecule has 2 saturated heterocycles. The topological polar surface area (TPSA) is 41.1 Å². The monoisotopic (exact) mass is 352 g/mol. The van der Waals surface area contributed by atoms with Crippen molar-refractivity contribution in [3.05, 3.63) is 70.5 Å². The summed E-state index contributed by atoms with van der Waals surface area (Å²) in [6, 6.07) is 12.8. The Bertz CT molecular complexity index is 802. The van der Waals surface area contributed by atoms with E-state index in [0.717, 1.165) is 47.9 Å². The minimum Gasteiger partial charge on any atom is -0.343 e. The Balaban J connectivity index is 1.69. The molecule has 0 spiro atoms. The molecule has 4 heteroatoms. The van der Waals surface area contributed by atoms with E-state index in [2.05, 4.69) is 10.6 Å². The Labute approximate surface area is 154 Å². The molecular weight excluding hydrogens is 327 g/mol. The lowest BCUT2D eigenvalue weighted by atomic mass is 9.78. The van der Waals surface area contributed by atoms with Gasteiger partial charge in [0.25, 0.3) is 5.91 Å². The first-order valence-electron chi connectivity index (χ1n) is 9.39. The lowest BCUT2D eigenvalue weighted by molar-refractivity contribution is 0.0906. The predicted molar refractivity (Wildman–Crippen MR) is 101 cm³/mol. The molecule has 2 aromatic carbocycles. The van der Waals surface area contributed by atoms with Crippen molar-refractivity contribution in [3.63, 3.8) is 0 Å². The molecule has 0 radical (unpaired) electrons. The number of halogens is 1. The van der Waals surface area contributed by atoms with Crippen LogP contribution in [0.25, 0.3) is 0 Å². The highest BCUT2D eigenvalue weighted by atomic mass is 19.1. The first-order valence-corrected chi connectivity index (χ1v) is 9.39. The van der Waals surface area contributed by atoms with Crippen LogP contribution >= 0.6 is 0 Å². The van der Waals surface area contributed by atoms with Crippen molar-refractivity contribution in [1.82, 2.24) is 10.6 Å². The number of amides is 1. The molecule has 2 bridgehead atoms. The lowest BCUT2D eigenvalue weighted by Gasteiger charge is -2.37. The fourth-order valence-corrected chi connectivity index (χ4v) is 4.77. The molecule has 1 atom stereocenters. The van der Waals surface area contributed by atoms with Gasteiger partial charge in [-0.05, 0) is 68.4 Å². The maximum Gasteiger partial charge on any atom is 0.252 e. The molecule has 136 valence electrons. The molecule has 0 saturated carbocycles. The highest BCUT2D eigenvalue weighted by molar-refractivity contribution is 5.97. The molecule has 1 amide bonds. The zero-order valence-electron chi connectivity index (χ0n) is 15.3. The molecule has 3 nitrogen and oxygen atoms in total. The van der Waals surface area contributed by atoms with Crippen LogP contribution in [0, 0.1) is 19.7 Å². The molecule has 2 fully saturated rings. The molecule has 2 heterocycles. The second kappa shape index (κ2) is 6.51. The Morgan fingerprint density at radius 1 is 1.12 bits per heavy atom. The minimum absolute atomic E-state index is 0.0542. The second-order valence-corrected chi connectivity index (χ2v) is 7.80. The lowest BCUT2D eigenvalue weighted by Crippen LogP contribution is -2.50. The zero-order valence-corrected chi connectivity index (χ0v) is 15.3. The predicted octanol–water partition coefficient (Wildman–Crippen LogP) is 4.20. The van der Waals surface area contributed by atoms with E-state index in [0.29, 0.717) is 6.04 Å². The number of carbonyl (C=O) groups excluding carboxylic acids is 1. The smallest absolute Gasteiger partial charge is 0.252 e. The summed E-state index contributed by atoms with van der Waals surface area (Å²) in [5, 5.41) is 7.02. The van der Waals surface area contributed by atoms with Gasteiger partial charge < -0.3 is 10.6 Å². The molecule has 2 aromatic rings. The van der Waals surface area contributed by atoms with Gasteiger partial charge in [0.2, 0.25) is 0 Å². The van der Waals surface area contributed by atoms with Gasteiger partial charge in [-0.3, -0.25) is 4.79 Å². The zero-order chi connectivity index (χ0) is 18.3. The van der Waals surface area contributed by atoms with Crippen LogP contribution in [0.1, 0.15) is 58.8 Å². The summed E-state index contributed by atoms with van der Waals surface area (Å²) in [6.45, 7) is 3.93. The Kier molecular flexibility index (Phi) is 4.31. The minimum atomic E-state index is -0.255. The number of hydrogen-bond acceptors (Lipinski definition) is 2. The molecule has 1 unspecified atom stereocenters. The molecule has 0 aliphatic carbocycles. The van der Waals surface area contributed by atoms with E-state index in [9.17, 15) is 9.18 Å². The number of aryl methyl sites for hydroxylation is 2. The average Bonchev–Trinajstić information content (AvgIpc) is 3.22. The summed E-state index contributed by atoms with van der Waals surface area (Å²) < 4.78 is 13.4. The fourth-order valence-electron chi connectivity index (χ4n) is 4.77. The van der Waals surface area contributed by atoms with Gasteiger partial charge in [-0.15, -0.1) is 0 Å². The standard InChI is InChI=1S/C22H25FN2O/c1-14-4-3-5-15(2)19(14)21(26)24-20(16-6-8-17(23)9-7-16)22-12-10-18(25-22)11-13-22/h3-9,18,20,25H,10-13H2,1-2H3,(H,24,26). The van der Waals surface area contributed by atoms with Crippen molar-refractivity contribution >= 4 is 5.91 Å². The van der Waals surface area contributed by atoms with Crippen molar-refractivity contribution < 1.29 is 9.18 Å². The number of benzene rings is 2. The molecular formula is C22H25FN2O. The summed E-state index contributed by atoms with van der Waals surface area (Å²) in [7, 11) is 0. The van der Waals surface area contributed by atoms with Gasteiger partial charge >= 0.3 is 0 Å². The molecule has 2 N–H and O–H groups in total. The van der Waals surface area contributed by atoms with Crippen molar-refractivity contribution in [2.45, 2.75) is 57.2 Å². The fraction of sp³-hybridized carbons (Fsp3) is 0.409. The maximum absolute atomic E-state index is 13.4.